The van der Waals surface area contributed by atoms with Crippen LogP contribution in [-0.4, -0.2) is 49.7 Å². The number of amides is 1. The van der Waals surface area contributed by atoms with Crippen LogP contribution in [0.25, 0.3) is 0 Å². The largest absolute Gasteiger partial charge is 0.336 e. The van der Waals surface area contributed by atoms with Crippen molar-refractivity contribution in [2.45, 2.75) is 11.8 Å². The van der Waals surface area contributed by atoms with Crippen LogP contribution in [0.2, 0.25) is 5.02 Å². The lowest BCUT2D eigenvalue weighted by molar-refractivity contribution is 0.0698. The van der Waals surface area contributed by atoms with Crippen molar-refractivity contribution >= 4 is 27.5 Å². The van der Waals surface area contributed by atoms with Crippen LogP contribution in [0, 0.1) is 6.92 Å². The van der Waals surface area contributed by atoms with Gasteiger partial charge in [-0.25, -0.2) is 8.42 Å². The summed E-state index contributed by atoms with van der Waals surface area (Å²) < 4.78 is 27.1. The number of carbonyl (C=O) groups is 1. The molecule has 1 heterocycles. The fourth-order valence-corrected chi connectivity index (χ4v) is 4.76. The van der Waals surface area contributed by atoms with E-state index in [1.165, 1.54) is 4.31 Å². The van der Waals surface area contributed by atoms with Crippen LogP contribution >= 0.6 is 11.6 Å². The number of carbonyl (C=O) groups excluding carboxylic acids is 1. The first-order valence-corrected chi connectivity index (χ1v) is 9.82. The highest BCUT2D eigenvalue weighted by Gasteiger charge is 2.31. The second-order valence-electron chi connectivity index (χ2n) is 5.97. The maximum Gasteiger partial charge on any atom is 0.253 e. The summed E-state index contributed by atoms with van der Waals surface area (Å²) in [5.41, 5.74) is 1.24. The van der Waals surface area contributed by atoms with Crippen molar-refractivity contribution in [1.82, 2.24) is 9.21 Å². The number of rotatable bonds is 3. The summed E-state index contributed by atoms with van der Waals surface area (Å²) in [4.78, 5) is 14.5. The Bertz CT molecular complexity index is 891. The van der Waals surface area contributed by atoms with E-state index in [-0.39, 0.29) is 19.0 Å². The first-order valence-electron chi connectivity index (χ1n) is 8.00. The Kier molecular flexibility index (Phi) is 5.13. The number of piperazine rings is 1. The van der Waals surface area contributed by atoms with Gasteiger partial charge in [0.2, 0.25) is 10.0 Å². The number of hydrogen-bond donors (Lipinski definition) is 0. The van der Waals surface area contributed by atoms with E-state index >= 15 is 0 Å². The molecule has 2 aromatic rings. The molecule has 1 amide bonds. The number of halogens is 1. The zero-order valence-corrected chi connectivity index (χ0v) is 15.4. The minimum atomic E-state index is -3.54. The summed E-state index contributed by atoms with van der Waals surface area (Å²) >= 11 is 5.94. The third-order valence-corrected chi connectivity index (χ3v) is 6.60. The molecular formula is C18H19ClN2O3S. The van der Waals surface area contributed by atoms with Gasteiger partial charge >= 0.3 is 0 Å². The van der Waals surface area contributed by atoms with Gasteiger partial charge in [-0.3, -0.25) is 4.79 Å². The van der Waals surface area contributed by atoms with E-state index in [2.05, 4.69) is 0 Å². The topological polar surface area (TPSA) is 57.7 Å². The molecule has 3 rings (SSSR count). The van der Waals surface area contributed by atoms with E-state index in [1.54, 1.807) is 54.3 Å². The van der Waals surface area contributed by atoms with Crippen molar-refractivity contribution in [1.29, 1.82) is 0 Å². The van der Waals surface area contributed by atoms with Gasteiger partial charge in [0.25, 0.3) is 5.91 Å². The van der Waals surface area contributed by atoms with Crippen molar-refractivity contribution in [2.75, 3.05) is 26.2 Å². The molecule has 0 saturated carbocycles. The second-order valence-corrected chi connectivity index (χ2v) is 8.31. The molecule has 25 heavy (non-hydrogen) atoms. The number of benzene rings is 2. The van der Waals surface area contributed by atoms with Gasteiger partial charge in [0.05, 0.1) is 4.90 Å². The van der Waals surface area contributed by atoms with Gasteiger partial charge in [-0.1, -0.05) is 35.9 Å². The maximum absolute atomic E-state index is 12.8. The number of aryl methyl sites for hydroxylation is 1. The van der Waals surface area contributed by atoms with E-state index in [4.69, 9.17) is 11.6 Å². The lowest BCUT2D eigenvalue weighted by atomic mass is 10.2. The van der Waals surface area contributed by atoms with Crippen LogP contribution < -0.4 is 0 Å². The van der Waals surface area contributed by atoms with Crippen LogP contribution in [0.15, 0.2) is 53.4 Å². The Labute approximate surface area is 152 Å². The predicted octanol–water partition coefficient (Wildman–Crippen LogP) is 2.80. The van der Waals surface area contributed by atoms with Crippen molar-refractivity contribution in [3.8, 4) is 0 Å². The zero-order chi connectivity index (χ0) is 18.0. The minimum absolute atomic E-state index is 0.129. The Morgan fingerprint density at radius 3 is 2.32 bits per heavy atom. The van der Waals surface area contributed by atoms with Crippen LogP contribution in [-0.2, 0) is 10.0 Å². The van der Waals surface area contributed by atoms with E-state index in [1.807, 2.05) is 6.07 Å². The first-order chi connectivity index (χ1) is 11.9. The van der Waals surface area contributed by atoms with Gasteiger partial charge < -0.3 is 4.90 Å². The third kappa shape index (κ3) is 3.71. The molecule has 2 aromatic carbocycles. The molecule has 1 saturated heterocycles. The highest BCUT2D eigenvalue weighted by Crippen LogP contribution is 2.21. The fraction of sp³-hybridized carbons (Fsp3) is 0.278. The summed E-state index contributed by atoms with van der Waals surface area (Å²) in [6.07, 6.45) is 0. The van der Waals surface area contributed by atoms with E-state index < -0.39 is 10.0 Å². The highest BCUT2D eigenvalue weighted by molar-refractivity contribution is 7.89. The van der Waals surface area contributed by atoms with Gasteiger partial charge in [0, 0.05) is 36.8 Å². The summed E-state index contributed by atoms with van der Waals surface area (Å²) in [6.45, 7) is 3.06. The van der Waals surface area contributed by atoms with Crippen molar-refractivity contribution in [3.05, 3.63) is 64.7 Å². The van der Waals surface area contributed by atoms with E-state index in [0.717, 1.165) is 5.56 Å². The van der Waals surface area contributed by atoms with Gasteiger partial charge in [0.1, 0.15) is 0 Å². The number of hydrogen-bond acceptors (Lipinski definition) is 3. The SMILES string of the molecule is Cc1ccccc1S(=O)(=O)N1CCN(C(=O)c2cccc(Cl)c2)CC1. The zero-order valence-electron chi connectivity index (χ0n) is 13.9. The summed E-state index contributed by atoms with van der Waals surface area (Å²) in [7, 11) is -3.54. The van der Waals surface area contributed by atoms with Crippen LogP contribution in [0.3, 0.4) is 0 Å². The van der Waals surface area contributed by atoms with Gasteiger partial charge in [-0.15, -0.1) is 0 Å². The van der Waals surface area contributed by atoms with Crippen LogP contribution in [0.1, 0.15) is 15.9 Å². The van der Waals surface area contributed by atoms with Gasteiger partial charge in [-0.2, -0.15) is 4.31 Å². The molecule has 0 spiro atoms. The van der Waals surface area contributed by atoms with E-state index in [0.29, 0.717) is 28.6 Å². The molecule has 7 heteroatoms. The van der Waals surface area contributed by atoms with Crippen LogP contribution in [0.5, 0.6) is 0 Å². The summed E-state index contributed by atoms with van der Waals surface area (Å²) in [5, 5.41) is 0.506. The average Bonchev–Trinajstić information content (AvgIpc) is 2.61. The lowest BCUT2D eigenvalue weighted by Crippen LogP contribution is -2.50. The number of sulfonamides is 1. The predicted molar refractivity (Wildman–Crippen MR) is 97.3 cm³/mol. The highest BCUT2D eigenvalue weighted by atomic mass is 35.5. The monoisotopic (exact) mass is 378 g/mol. The Hall–Kier alpha value is -1.89. The molecule has 0 unspecified atom stereocenters. The molecule has 1 fully saturated rings. The standard InChI is InChI=1S/C18H19ClN2O3S/c1-14-5-2-3-8-17(14)25(23,24)21-11-9-20(10-12-21)18(22)15-6-4-7-16(19)13-15/h2-8,13H,9-12H2,1H3. The Morgan fingerprint density at radius 1 is 1.00 bits per heavy atom. The minimum Gasteiger partial charge on any atom is -0.336 e. The molecule has 0 atom stereocenters. The molecule has 0 radical (unpaired) electrons. The van der Waals surface area contributed by atoms with Crippen LogP contribution in [0.4, 0.5) is 0 Å². The normalized spacial score (nSPS) is 16.0. The molecule has 0 aromatic heterocycles. The second kappa shape index (κ2) is 7.15. The average molecular weight is 379 g/mol. The van der Waals surface area contributed by atoms with E-state index in [9.17, 15) is 13.2 Å². The van der Waals surface area contributed by atoms with Gasteiger partial charge in [-0.05, 0) is 36.8 Å². The summed E-state index contributed by atoms with van der Waals surface area (Å²) in [5.74, 6) is -0.129. The molecule has 1 aliphatic heterocycles. The Morgan fingerprint density at radius 2 is 1.68 bits per heavy atom. The molecule has 132 valence electrons. The third-order valence-electron chi connectivity index (χ3n) is 4.31. The van der Waals surface area contributed by atoms with Gasteiger partial charge in [0.15, 0.2) is 0 Å². The molecule has 1 aliphatic rings. The fourth-order valence-electron chi connectivity index (χ4n) is 2.92. The van der Waals surface area contributed by atoms with Crippen molar-refractivity contribution in [2.24, 2.45) is 0 Å². The van der Waals surface area contributed by atoms with Crippen molar-refractivity contribution < 1.29 is 13.2 Å². The molecular weight excluding hydrogens is 360 g/mol. The molecule has 0 aliphatic carbocycles. The number of nitrogens with zero attached hydrogens (tertiary/aromatic N) is 2. The first kappa shape index (κ1) is 17.9. The molecule has 0 bridgehead atoms. The van der Waals surface area contributed by atoms with Crippen molar-refractivity contribution in [3.63, 3.8) is 0 Å². The molecule has 5 nitrogen and oxygen atoms in total. The quantitative estimate of drug-likeness (QED) is 0.825. The summed E-state index contributed by atoms with van der Waals surface area (Å²) in [6, 6.07) is 13.7. The molecule has 0 N–H and O–H groups in total. The lowest BCUT2D eigenvalue weighted by Gasteiger charge is -2.34. The smallest absolute Gasteiger partial charge is 0.253 e. The Balaban J connectivity index is 1.72. The maximum atomic E-state index is 12.8.